The maximum absolute atomic E-state index is 11.5. The highest BCUT2D eigenvalue weighted by atomic mass is 79.9. The number of hydrogen-bond acceptors (Lipinski definition) is 3. The first-order valence-corrected chi connectivity index (χ1v) is 8.28. The normalized spacial score (nSPS) is 10.7. The Balaban J connectivity index is 2.15. The van der Waals surface area contributed by atoms with E-state index in [4.69, 9.17) is 21.1 Å². The van der Waals surface area contributed by atoms with Gasteiger partial charge in [0.05, 0.1) is 6.61 Å². The zero-order valence-corrected chi connectivity index (χ0v) is 14.9. The molecule has 0 heterocycles. The predicted molar refractivity (Wildman–Crippen MR) is 95.6 cm³/mol. The lowest BCUT2D eigenvalue weighted by Gasteiger charge is -2.11. The lowest BCUT2D eigenvalue weighted by Crippen LogP contribution is -2.00. The predicted octanol–water partition coefficient (Wildman–Crippen LogP) is 5.26. The van der Waals surface area contributed by atoms with Crippen molar-refractivity contribution >= 4 is 39.6 Å². The van der Waals surface area contributed by atoms with Crippen LogP contribution in [0.1, 0.15) is 18.1 Å². The molecule has 0 aliphatic carbocycles. The molecule has 0 amide bonds. The molecular weight excluding hydrogens is 380 g/mol. The summed E-state index contributed by atoms with van der Waals surface area (Å²) in [5, 5.41) is 0.660. The summed E-state index contributed by atoms with van der Waals surface area (Å²) in [5.74, 6) is 0.276. The van der Waals surface area contributed by atoms with Crippen molar-refractivity contribution in [3.05, 3.63) is 69.2 Å². The van der Waals surface area contributed by atoms with E-state index in [2.05, 4.69) is 15.9 Å². The molecule has 2 aromatic rings. The van der Waals surface area contributed by atoms with Crippen LogP contribution in [0, 0.1) is 0 Å². The van der Waals surface area contributed by atoms with Gasteiger partial charge in [0, 0.05) is 26.7 Å². The van der Waals surface area contributed by atoms with Crippen molar-refractivity contribution in [2.24, 2.45) is 0 Å². The first-order chi connectivity index (χ1) is 11.1. The zero-order chi connectivity index (χ0) is 16.7. The molecular formula is C18H16BrClO3. The van der Waals surface area contributed by atoms with Gasteiger partial charge in [0.25, 0.3) is 0 Å². The third-order valence-corrected chi connectivity index (χ3v) is 3.86. The maximum Gasteiger partial charge on any atom is 0.330 e. The van der Waals surface area contributed by atoms with Gasteiger partial charge in [0.1, 0.15) is 12.4 Å². The van der Waals surface area contributed by atoms with Crippen LogP contribution in [0.2, 0.25) is 5.02 Å². The lowest BCUT2D eigenvalue weighted by molar-refractivity contribution is -0.137. The van der Waals surface area contributed by atoms with Gasteiger partial charge in [-0.15, -0.1) is 0 Å². The molecule has 5 heteroatoms. The van der Waals surface area contributed by atoms with E-state index in [1.807, 2.05) is 42.5 Å². The Labute approximate surface area is 149 Å². The van der Waals surface area contributed by atoms with Gasteiger partial charge < -0.3 is 9.47 Å². The summed E-state index contributed by atoms with van der Waals surface area (Å²) >= 11 is 9.55. The molecule has 23 heavy (non-hydrogen) atoms. The van der Waals surface area contributed by atoms with Gasteiger partial charge >= 0.3 is 5.97 Å². The summed E-state index contributed by atoms with van der Waals surface area (Å²) < 4.78 is 11.6. The monoisotopic (exact) mass is 394 g/mol. The molecule has 0 spiro atoms. The Morgan fingerprint density at radius 1 is 1.26 bits per heavy atom. The van der Waals surface area contributed by atoms with Crippen molar-refractivity contribution in [1.82, 2.24) is 0 Å². The second kappa shape index (κ2) is 8.75. The summed E-state index contributed by atoms with van der Waals surface area (Å²) in [6.45, 7) is 2.46. The third kappa shape index (κ3) is 5.41. The molecule has 0 radical (unpaired) electrons. The van der Waals surface area contributed by atoms with Gasteiger partial charge in [-0.25, -0.2) is 4.79 Å². The summed E-state index contributed by atoms with van der Waals surface area (Å²) in [7, 11) is 0. The standard InChI is InChI=1S/C18H16BrClO3/c1-2-22-18(21)10-7-13-11-15(19)8-9-17(13)23-12-14-5-3-4-6-16(14)20/h3-11H,2,12H2,1H3/b10-7+. The van der Waals surface area contributed by atoms with Gasteiger partial charge in [0.2, 0.25) is 0 Å². The molecule has 3 nitrogen and oxygen atoms in total. The van der Waals surface area contributed by atoms with Crippen LogP contribution in [0.15, 0.2) is 53.0 Å². The summed E-state index contributed by atoms with van der Waals surface area (Å²) in [6.07, 6.45) is 3.05. The largest absolute Gasteiger partial charge is 0.488 e. The molecule has 0 aliphatic rings. The first kappa shape index (κ1) is 17.6. The van der Waals surface area contributed by atoms with E-state index < -0.39 is 0 Å². The number of carbonyl (C=O) groups excluding carboxylic acids is 1. The molecule has 0 fully saturated rings. The number of benzene rings is 2. The minimum atomic E-state index is -0.385. The van der Waals surface area contributed by atoms with E-state index in [-0.39, 0.29) is 5.97 Å². The minimum Gasteiger partial charge on any atom is -0.488 e. The molecule has 0 N–H and O–H groups in total. The van der Waals surface area contributed by atoms with Gasteiger partial charge in [-0.1, -0.05) is 45.7 Å². The summed E-state index contributed by atoms with van der Waals surface area (Å²) in [6, 6.07) is 13.1. The van der Waals surface area contributed by atoms with E-state index in [0.717, 1.165) is 15.6 Å². The van der Waals surface area contributed by atoms with Crippen LogP contribution in [-0.4, -0.2) is 12.6 Å². The Bertz CT molecular complexity index is 713. The van der Waals surface area contributed by atoms with Crippen molar-refractivity contribution in [2.45, 2.75) is 13.5 Å². The van der Waals surface area contributed by atoms with E-state index in [9.17, 15) is 4.79 Å². The molecule has 0 unspecified atom stereocenters. The summed E-state index contributed by atoms with van der Waals surface area (Å²) in [5.41, 5.74) is 1.68. The topological polar surface area (TPSA) is 35.5 Å². The molecule has 0 aliphatic heterocycles. The number of rotatable bonds is 6. The van der Waals surface area contributed by atoms with Crippen LogP contribution in [0.25, 0.3) is 6.08 Å². The van der Waals surface area contributed by atoms with Crippen LogP contribution in [0.5, 0.6) is 5.75 Å². The van der Waals surface area contributed by atoms with Crippen molar-refractivity contribution in [3.63, 3.8) is 0 Å². The molecule has 0 atom stereocenters. The zero-order valence-electron chi connectivity index (χ0n) is 12.6. The number of ether oxygens (including phenoxy) is 2. The fourth-order valence-corrected chi connectivity index (χ4v) is 2.47. The van der Waals surface area contributed by atoms with Crippen LogP contribution < -0.4 is 4.74 Å². The SMILES string of the molecule is CCOC(=O)/C=C/c1cc(Br)ccc1OCc1ccccc1Cl. The number of halogens is 2. The van der Waals surface area contributed by atoms with Crippen molar-refractivity contribution in [1.29, 1.82) is 0 Å². The molecule has 0 bridgehead atoms. The van der Waals surface area contributed by atoms with Gasteiger partial charge in [-0.05, 0) is 37.3 Å². The molecule has 0 aromatic heterocycles. The number of hydrogen-bond donors (Lipinski definition) is 0. The van der Waals surface area contributed by atoms with Crippen LogP contribution in [-0.2, 0) is 16.1 Å². The van der Waals surface area contributed by atoms with Crippen molar-refractivity contribution in [3.8, 4) is 5.75 Å². The summed E-state index contributed by atoms with van der Waals surface area (Å²) in [4.78, 5) is 11.5. The Morgan fingerprint density at radius 2 is 2.04 bits per heavy atom. The number of esters is 1. The fraction of sp³-hybridized carbons (Fsp3) is 0.167. The molecule has 0 saturated heterocycles. The highest BCUT2D eigenvalue weighted by Crippen LogP contribution is 2.26. The van der Waals surface area contributed by atoms with E-state index >= 15 is 0 Å². The molecule has 2 rings (SSSR count). The van der Waals surface area contributed by atoms with E-state index in [1.165, 1.54) is 6.08 Å². The van der Waals surface area contributed by atoms with Crippen molar-refractivity contribution in [2.75, 3.05) is 6.61 Å². The number of carbonyl (C=O) groups is 1. The average molecular weight is 396 g/mol. The molecule has 120 valence electrons. The highest BCUT2D eigenvalue weighted by molar-refractivity contribution is 9.10. The third-order valence-electron chi connectivity index (χ3n) is 3.00. The quantitative estimate of drug-likeness (QED) is 0.494. The van der Waals surface area contributed by atoms with Gasteiger partial charge in [0.15, 0.2) is 0 Å². The average Bonchev–Trinajstić information content (AvgIpc) is 2.53. The van der Waals surface area contributed by atoms with Crippen LogP contribution in [0.3, 0.4) is 0 Å². The Morgan fingerprint density at radius 3 is 2.78 bits per heavy atom. The van der Waals surface area contributed by atoms with Crippen LogP contribution in [0.4, 0.5) is 0 Å². The van der Waals surface area contributed by atoms with Gasteiger partial charge in [-0.2, -0.15) is 0 Å². The highest BCUT2D eigenvalue weighted by Gasteiger charge is 2.05. The fourth-order valence-electron chi connectivity index (χ4n) is 1.90. The maximum atomic E-state index is 11.5. The first-order valence-electron chi connectivity index (χ1n) is 7.10. The van der Waals surface area contributed by atoms with Crippen LogP contribution >= 0.6 is 27.5 Å². The van der Waals surface area contributed by atoms with Gasteiger partial charge in [-0.3, -0.25) is 0 Å². The second-order valence-corrected chi connectivity index (χ2v) is 5.97. The van der Waals surface area contributed by atoms with E-state index in [0.29, 0.717) is 24.0 Å². The molecule has 0 saturated carbocycles. The van der Waals surface area contributed by atoms with Crippen molar-refractivity contribution < 1.29 is 14.3 Å². The lowest BCUT2D eigenvalue weighted by atomic mass is 10.2. The van der Waals surface area contributed by atoms with E-state index in [1.54, 1.807) is 13.0 Å². The molecule has 2 aromatic carbocycles. The minimum absolute atomic E-state index is 0.345. The smallest absolute Gasteiger partial charge is 0.330 e. The Kier molecular flexibility index (Phi) is 6.68. The second-order valence-electron chi connectivity index (χ2n) is 4.65. The Hall–Kier alpha value is -1.78.